The monoisotopic (exact) mass is 296 g/mol. The molecule has 0 aliphatic rings. The normalized spacial score (nSPS) is 11.3. The van der Waals surface area contributed by atoms with E-state index in [9.17, 15) is 0 Å². The van der Waals surface area contributed by atoms with Gasteiger partial charge in [-0.2, -0.15) is 4.57 Å². The molecule has 0 aliphatic heterocycles. The first kappa shape index (κ1) is 13.8. The van der Waals surface area contributed by atoms with E-state index in [0.717, 1.165) is 12.3 Å². The molecule has 0 saturated heterocycles. The highest BCUT2D eigenvalue weighted by Crippen LogP contribution is 2.22. The molecule has 3 aromatic rings. The first-order chi connectivity index (χ1) is 10.3. The van der Waals surface area contributed by atoms with Gasteiger partial charge >= 0.3 is 0 Å². The van der Waals surface area contributed by atoms with Crippen molar-refractivity contribution in [1.29, 1.82) is 0 Å². The van der Waals surface area contributed by atoms with E-state index < -0.39 is 0 Å². The fourth-order valence-electron chi connectivity index (χ4n) is 2.39. The topological polar surface area (TPSA) is 13.1 Å². The molecule has 0 spiro atoms. The number of rotatable bonds is 4. The summed E-state index contributed by atoms with van der Waals surface area (Å²) in [6.07, 6.45) is 4.34. The fourth-order valence-corrected chi connectivity index (χ4v) is 3.51. The molecule has 1 aromatic heterocycles. The lowest BCUT2D eigenvalue weighted by Crippen LogP contribution is -2.33. The number of fused-ring (bicyclic) bond motifs is 1. The third-order valence-corrected chi connectivity index (χ3v) is 4.62. The number of thiazole rings is 1. The number of nitrogens with zero attached hydrogens (tertiary/aromatic N) is 1. The molecule has 0 amide bonds. The average Bonchev–Trinajstić information content (AvgIpc) is 2.91. The standard InChI is InChI=1S/C18H18NOS/c1-3-19-16-6-4-5-7-17(16)21-18(19)13-10-14-8-11-15(20-2)12-9-14/h4-13H,3H2,1-2H3/q+1. The number of ether oxygens (including phenoxy) is 1. The van der Waals surface area contributed by atoms with Gasteiger partial charge in [0.05, 0.1) is 7.11 Å². The summed E-state index contributed by atoms with van der Waals surface area (Å²) in [4.78, 5) is 0. The van der Waals surface area contributed by atoms with Gasteiger partial charge in [0.15, 0.2) is 0 Å². The molecular formula is C18H18NOS+. The molecule has 2 nitrogen and oxygen atoms in total. The van der Waals surface area contributed by atoms with Crippen LogP contribution < -0.4 is 9.30 Å². The van der Waals surface area contributed by atoms with Gasteiger partial charge in [0.1, 0.15) is 17.0 Å². The maximum atomic E-state index is 5.18. The molecule has 2 aromatic carbocycles. The smallest absolute Gasteiger partial charge is 0.262 e. The van der Waals surface area contributed by atoms with Crippen LogP contribution in [-0.4, -0.2) is 7.11 Å². The van der Waals surface area contributed by atoms with Crippen LogP contribution in [0.15, 0.2) is 48.5 Å². The maximum absolute atomic E-state index is 5.18. The largest absolute Gasteiger partial charge is 0.497 e. The molecule has 1 heterocycles. The van der Waals surface area contributed by atoms with Crippen LogP contribution in [0, 0.1) is 0 Å². The molecule has 0 bridgehead atoms. The van der Waals surface area contributed by atoms with E-state index in [1.807, 2.05) is 23.5 Å². The van der Waals surface area contributed by atoms with Crippen LogP contribution in [0.2, 0.25) is 0 Å². The minimum absolute atomic E-state index is 0.887. The van der Waals surface area contributed by atoms with Crippen LogP contribution in [0.4, 0.5) is 0 Å². The van der Waals surface area contributed by atoms with E-state index >= 15 is 0 Å². The van der Waals surface area contributed by atoms with Crippen LogP contribution >= 0.6 is 11.3 Å². The van der Waals surface area contributed by atoms with Crippen LogP contribution in [0.5, 0.6) is 5.75 Å². The zero-order valence-electron chi connectivity index (χ0n) is 12.2. The van der Waals surface area contributed by atoms with Crippen LogP contribution in [0.3, 0.4) is 0 Å². The molecule has 0 fully saturated rings. The zero-order valence-corrected chi connectivity index (χ0v) is 13.1. The molecule has 0 N–H and O–H groups in total. The van der Waals surface area contributed by atoms with E-state index in [-0.39, 0.29) is 0 Å². The Bertz CT molecular complexity index is 772. The number of benzene rings is 2. The molecule has 0 aliphatic carbocycles. The summed E-state index contributed by atoms with van der Waals surface area (Å²) in [5.74, 6) is 0.887. The van der Waals surface area contributed by atoms with Crippen molar-refractivity contribution in [2.24, 2.45) is 0 Å². The molecule has 0 atom stereocenters. The number of methoxy groups -OCH3 is 1. The summed E-state index contributed by atoms with van der Waals surface area (Å²) in [7, 11) is 1.69. The second kappa shape index (κ2) is 6.10. The lowest BCUT2D eigenvalue weighted by atomic mass is 10.2. The van der Waals surface area contributed by atoms with Gasteiger partial charge in [-0.3, -0.25) is 0 Å². The molecule has 3 rings (SSSR count). The summed E-state index contributed by atoms with van der Waals surface area (Å²) >= 11 is 1.83. The van der Waals surface area contributed by atoms with Gasteiger partial charge in [-0.15, -0.1) is 0 Å². The second-order valence-corrected chi connectivity index (χ2v) is 5.82. The third kappa shape index (κ3) is 2.83. The SMILES string of the molecule is CC[n+]1c(C=Cc2ccc(OC)cc2)sc2ccccc21. The van der Waals surface area contributed by atoms with Gasteiger partial charge < -0.3 is 4.74 Å². The van der Waals surface area contributed by atoms with Crippen molar-refractivity contribution >= 4 is 33.7 Å². The number of hydrogen-bond acceptors (Lipinski definition) is 2. The number of aromatic nitrogens is 1. The number of para-hydroxylation sites is 1. The third-order valence-electron chi connectivity index (χ3n) is 3.49. The van der Waals surface area contributed by atoms with Gasteiger partial charge in [0.25, 0.3) is 5.01 Å². The van der Waals surface area contributed by atoms with E-state index in [1.165, 1.54) is 20.8 Å². The Kier molecular flexibility index (Phi) is 4.02. The lowest BCUT2D eigenvalue weighted by molar-refractivity contribution is -0.665. The Hall–Kier alpha value is -2.13. The molecule has 0 radical (unpaired) electrons. The quantitative estimate of drug-likeness (QED) is 0.651. The van der Waals surface area contributed by atoms with Crippen molar-refractivity contribution in [3.05, 3.63) is 59.1 Å². The Balaban J connectivity index is 1.94. The fraction of sp³-hybridized carbons (Fsp3) is 0.167. The molecule has 21 heavy (non-hydrogen) atoms. The van der Waals surface area contributed by atoms with Crippen molar-refractivity contribution in [1.82, 2.24) is 0 Å². The van der Waals surface area contributed by atoms with Gasteiger partial charge in [-0.25, -0.2) is 0 Å². The van der Waals surface area contributed by atoms with Crippen LogP contribution in [-0.2, 0) is 6.54 Å². The van der Waals surface area contributed by atoms with Crippen molar-refractivity contribution in [2.75, 3.05) is 7.11 Å². The van der Waals surface area contributed by atoms with Gasteiger partial charge in [0, 0.05) is 12.1 Å². The molecular weight excluding hydrogens is 278 g/mol. The van der Waals surface area contributed by atoms with E-state index in [2.05, 4.69) is 60.0 Å². The zero-order chi connectivity index (χ0) is 14.7. The van der Waals surface area contributed by atoms with Crippen molar-refractivity contribution < 1.29 is 9.30 Å². The maximum Gasteiger partial charge on any atom is 0.262 e. The summed E-state index contributed by atoms with van der Waals surface area (Å²) < 4.78 is 8.86. The Morgan fingerprint density at radius 2 is 1.81 bits per heavy atom. The molecule has 3 heteroatoms. The highest BCUT2D eigenvalue weighted by atomic mass is 32.1. The van der Waals surface area contributed by atoms with Gasteiger partial charge in [-0.05, 0) is 36.8 Å². The van der Waals surface area contributed by atoms with Gasteiger partial charge in [-0.1, -0.05) is 35.6 Å². The average molecular weight is 296 g/mol. The highest BCUT2D eigenvalue weighted by Gasteiger charge is 2.15. The van der Waals surface area contributed by atoms with Crippen molar-refractivity contribution in [2.45, 2.75) is 13.5 Å². The van der Waals surface area contributed by atoms with Crippen LogP contribution in [0.25, 0.3) is 22.4 Å². The Morgan fingerprint density at radius 1 is 1.05 bits per heavy atom. The summed E-state index contributed by atoms with van der Waals surface area (Å²) in [6, 6.07) is 16.7. The molecule has 0 saturated carbocycles. The van der Waals surface area contributed by atoms with E-state index in [0.29, 0.717) is 0 Å². The number of hydrogen-bond donors (Lipinski definition) is 0. The Labute approximate surface area is 128 Å². The first-order valence-electron chi connectivity index (χ1n) is 7.05. The van der Waals surface area contributed by atoms with Crippen LogP contribution in [0.1, 0.15) is 17.5 Å². The number of aryl methyl sites for hydroxylation is 1. The van der Waals surface area contributed by atoms with Gasteiger partial charge in [0.2, 0.25) is 5.52 Å². The first-order valence-corrected chi connectivity index (χ1v) is 7.87. The summed E-state index contributed by atoms with van der Waals surface area (Å²) in [5, 5.41) is 1.27. The minimum atomic E-state index is 0.887. The Morgan fingerprint density at radius 3 is 2.52 bits per heavy atom. The minimum Gasteiger partial charge on any atom is -0.497 e. The van der Waals surface area contributed by atoms with E-state index in [4.69, 9.17) is 4.74 Å². The van der Waals surface area contributed by atoms with Crippen molar-refractivity contribution in [3.63, 3.8) is 0 Å². The molecule has 0 unspecified atom stereocenters. The summed E-state index contributed by atoms with van der Waals surface area (Å²) in [5.41, 5.74) is 2.48. The summed E-state index contributed by atoms with van der Waals surface area (Å²) in [6.45, 7) is 3.16. The van der Waals surface area contributed by atoms with E-state index in [1.54, 1.807) is 7.11 Å². The molecule has 106 valence electrons. The van der Waals surface area contributed by atoms with Crippen molar-refractivity contribution in [3.8, 4) is 5.75 Å². The lowest BCUT2D eigenvalue weighted by Gasteiger charge is -1.98. The predicted molar refractivity (Wildman–Crippen MR) is 89.6 cm³/mol. The highest BCUT2D eigenvalue weighted by molar-refractivity contribution is 7.18. The predicted octanol–water partition coefficient (Wildman–Crippen LogP) is 4.39. The second-order valence-electron chi connectivity index (χ2n) is 4.76.